The summed E-state index contributed by atoms with van der Waals surface area (Å²) in [5.74, 6) is 2.97. The Balaban J connectivity index is 2.10. The number of hydrogen-bond acceptors (Lipinski definition) is 4. The first-order valence-corrected chi connectivity index (χ1v) is 7.97. The molecule has 1 fully saturated rings. The van der Waals surface area contributed by atoms with E-state index in [9.17, 15) is 0 Å². The highest BCUT2D eigenvalue weighted by Crippen LogP contribution is 2.41. The fourth-order valence-electron chi connectivity index (χ4n) is 2.30. The lowest BCUT2D eigenvalue weighted by atomic mass is 10.1. The van der Waals surface area contributed by atoms with Crippen LogP contribution in [0.2, 0.25) is 0 Å². The zero-order chi connectivity index (χ0) is 14.8. The lowest BCUT2D eigenvalue weighted by molar-refractivity contribution is 0.416. The molecule has 1 heterocycles. The summed E-state index contributed by atoms with van der Waals surface area (Å²) in [5.41, 5.74) is 2.03. The fraction of sp³-hybridized carbons (Fsp3) is 0.375. The summed E-state index contributed by atoms with van der Waals surface area (Å²) in [5, 5.41) is 3.29. The summed E-state index contributed by atoms with van der Waals surface area (Å²) in [7, 11) is 1.67. The number of halogens is 1. The third kappa shape index (κ3) is 3.18. The second kappa shape index (κ2) is 6.02. The Hall–Kier alpha value is -1.62. The Kier molecular flexibility index (Phi) is 4.10. The van der Waals surface area contributed by atoms with Crippen molar-refractivity contribution in [1.29, 1.82) is 0 Å². The third-order valence-corrected chi connectivity index (χ3v) is 4.00. The van der Waals surface area contributed by atoms with Crippen LogP contribution in [0, 0.1) is 0 Å². The van der Waals surface area contributed by atoms with Crippen LogP contribution in [-0.4, -0.2) is 23.6 Å². The van der Waals surface area contributed by atoms with Crippen molar-refractivity contribution in [2.45, 2.75) is 25.7 Å². The van der Waals surface area contributed by atoms with E-state index >= 15 is 0 Å². The lowest BCUT2D eigenvalue weighted by Crippen LogP contribution is -2.04. The molecule has 1 N–H and O–H groups in total. The molecule has 0 saturated heterocycles. The predicted molar refractivity (Wildman–Crippen MR) is 87.9 cm³/mol. The SMILES string of the molecule is CCNc1cc(C2CC2)nc(-c2cc(Br)ccc2OC)n1. The quantitative estimate of drug-likeness (QED) is 0.879. The van der Waals surface area contributed by atoms with Gasteiger partial charge in [0.15, 0.2) is 5.82 Å². The van der Waals surface area contributed by atoms with E-state index < -0.39 is 0 Å². The Bertz CT molecular complexity index is 656. The molecule has 110 valence electrons. The van der Waals surface area contributed by atoms with E-state index in [1.165, 1.54) is 12.8 Å². The van der Waals surface area contributed by atoms with Gasteiger partial charge in [0.05, 0.1) is 12.7 Å². The molecular weight excluding hydrogens is 330 g/mol. The smallest absolute Gasteiger partial charge is 0.165 e. The van der Waals surface area contributed by atoms with Gasteiger partial charge in [0.2, 0.25) is 0 Å². The molecule has 2 aromatic rings. The second-order valence-corrected chi connectivity index (χ2v) is 6.07. The topological polar surface area (TPSA) is 47.0 Å². The van der Waals surface area contributed by atoms with E-state index in [1.807, 2.05) is 18.2 Å². The fourth-order valence-corrected chi connectivity index (χ4v) is 2.66. The van der Waals surface area contributed by atoms with Gasteiger partial charge in [-0.25, -0.2) is 9.97 Å². The monoisotopic (exact) mass is 347 g/mol. The van der Waals surface area contributed by atoms with Crippen molar-refractivity contribution in [2.75, 3.05) is 19.0 Å². The predicted octanol–water partition coefficient (Wildman–Crippen LogP) is 4.22. The first kappa shape index (κ1) is 14.3. The summed E-state index contributed by atoms with van der Waals surface area (Å²) in [6.45, 7) is 2.91. The van der Waals surface area contributed by atoms with Crippen LogP contribution < -0.4 is 10.1 Å². The van der Waals surface area contributed by atoms with Crippen LogP contribution in [0.3, 0.4) is 0 Å². The van der Waals surface area contributed by atoms with Crippen LogP contribution in [0.15, 0.2) is 28.7 Å². The van der Waals surface area contributed by atoms with Gasteiger partial charge in [-0.15, -0.1) is 0 Å². The standard InChI is InChI=1S/C16H18BrN3O/c1-3-18-15-9-13(10-4-5-10)19-16(20-15)12-8-11(17)6-7-14(12)21-2/h6-10H,3-5H2,1-2H3,(H,18,19,20). The van der Waals surface area contributed by atoms with Crippen molar-refractivity contribution in [2.24, 2.45) is 0 Å². The van der Waals surface area contributed by atoms with Crippen LogP contribution in [-0.2, 0) is 0 Å². The molecule has 5 heteroatoms. The maximum atomic E-state index is 5.45. The highest BCUT2D eigenvalue weighted by Gasteiger charge is 2.26. The number of anilines is 1. The van der Waals surface area contributed by atoms with E-state index in [0.29, 0.717) is 11.7 Å². The highest BCUT2D eigenvalue weighted by molar-refractivity contribution is 9.10. The largest absolute Gasteiger partial charge is 0.496 e. The summed E-state index contributed by atoms with van der Waals surface area (Å²) < 4.78 is 6.44. The summed E-state index contributed by atoms with van der Waals surface area (Å²) in [6.07, 6.45) is 2.44. The molecule has 0 aliphatic heterocycles. The molecule has 21 heavy (non-hydrogen) atoms. The van der Waals surface area contributed by atoms with Crippen molar-refractivity contribution >= 4 is 21.7 Å². The highest BCUT2D eigenvalue weighted by atomic mass is 79.9. The number of aromatic nitrogens is 2. The maximum Gasteiger partial charge on any atom is 0.165 e. The van der Waals surface area contributed by atoms with Gasteiger partial charge in [0.25, 0.3) is 0 Å². The molecule has 0 atom stereocenters. The zero-order valence-electron chi connectivity index (χ0n) is 12.2. The molecule has 0 amide bonds. The van der Waals surface area contributed by atoms with Gasteiger partial charge in [0, 0.05) is 28.7 Å². The minimum absolute atomic E-state index is 0.585. The molecule has 1 aliphatic carbocycles. The van der Waals surface area contributed by atoms with Gasteiger partial charge < -0.3 is 10.1 Å². The van der Waals surface area contributed by atoms with Gasteiger partial charge in [-0.05, 0) is 38.0 Å². The molecule has 0 unspecified atom stereocenters. The van der Waals surface area contributed by atoms with E-state index in [4.69, 9.17) is 9.72 Å². The number of hydrogen-bond donors (Lipinski definition) is 1. The van der Waals surface area contributed by atoms with Crippen LogP contribution in [0.5, 0.6) is 5.75 Å². The first-order chi connectivity index (χ1) is 10.2. The van der Waals surface area contributed by atoms with Crippen LogP contribution in [0.25, 0.3) is 11.4 Å². The molecule has 3 rings (SSSR count). The molecule has 1 aromatic carbocycles. The van der Waals surface area contributed by atoms with E-state index in [-0.39, 0.29) is 0 Å². The molecule has 1 aliphatic rings. The van der Waals surface area contributed by atoms with Crippen LogP contribution >= 0.6 is 15.9 Å². The van der Waals surface area contributed by atoms with E-state index in [2.05, 4.69) is 39.2 Å². The van der Waals surface area contributed by atoms with Crippen LogP contribution in [0.4, 0.5) is 5.82 Å². The van der Waals surface area contributed by atoms with Gasteiger partial charge in [-0.2, -0.15) is 0 Å². The minimum atomic E-state index is 0.585. The van der Waals surface area contributed by atoms with Gasteiger partial charge >= 0.3 is 0 Å². The van der Waals surface area contributed by atoms with Gasteiger partial charge in [0.1, 0.15) is 11.6 Å². The Labute approximate surface area is 133 Å². The number of ether oxygens (including phenoxy) is 1. The van der Waals surface area contributed by atoms with Crippen molar-refractivity contribution in [1.82, 2.24) is 9.97 Å². The number of nitrogens with one attached hydrogen (secondary N) is 1. The molecular formula is C16H18BrN3O. The van der Waals surface area contributed by atoms with Crippen molar-refractivity contribution in [3.8, 4) is 17.1 Å². The van der Waals surface area contributed by atoms with Crippen molar-refractivity contribution < 1.29 is 4.74 Å². The molecule has 4 nitrogen and oxygen atoms in total. The molecule has 1 aromatic heterocycles. The summed E-state index contributed by atoms with van der Waals surface area (Å²) >= 11 is 3.51. The van der Waals surface area contributed by atoms with E-state index in [0.717, 1.165) is 33.8 Å². The summed E-state index contributed by atoms with van der Waals surface area (Å²) in [4.78, 5) is 9.38. The van der Waals surface area contributed by atoms with Gasteiger partial charge in [-0.1, -0.05) is 15.9 Å². The number of nitrogens with zero attached hydrogens (tertiary/aromatic N) is 2. The first-order valence-electron chi connectivity index (χ1n) is 7.18. The van der Waals surface area contributed by atoms with Crippen molar-refractivity contribution in [3.63, 3.8) is 0 Å². The Morgan fingerprint density at radius 3 is 2.76 bits per heavy atom. The number of methoxy groups -OCH3 is 1. The lowest BCUT2D eigenvalue weighted by Gasteiger charge is -2.11. The summed E-state index contributed by atoms with van der Waals surface area (Å²) in [6, 6.07) is 7.95. The molecule has 0 bridgehead atoms. The maximum absolute atomic E-state index is 5.45. The van der Waals surface area contributed by atoms with Gasteiger partial charge in [-0.3, -0.25) is 0 Å². The Morgan fingerprint density at radius 1 is 1.29 bits per heavy atom. The average molecular weight is 348 g/mol. The molecule has 1 saturated carbocycles. The average Bonchev–Trinajstić information content (AvgIpc) is 3.32. The van der Waals surface area contributed by atoms with E-state index in [1.54, 1.807) is 7.11 Å². The second-order valence-electron chi connectivity index (χ2n) is 5.15. The minimum Gasteiger partial charge on any atom is -0.496 e. The third-order valence-electron chi connectivity index (χ3n) is 3.50. The molecule has 0 spiro atoms. The number of benzene rings is 1. The Morgan fingerprint density at radius 2 is 2.10 bits per heavy atom. The number of rotatable bonds is 5. The van der Waals surface area contributed by atoms with Crippen LogP contribution in [0.1, 0.15) is 31.4 Å². The zero-order valence-corrected chi connectivity index (χ0v) is 13.8. The van der Waals surface area contributed by atoms with Crippen molar-refractivity contribution in [3.05, 3.63) is 34.4 Å². The molecule has 0 radical (unpaired) electrons. The normalized spacial score (nSPS) is 14.0.